The van der Waals surface area contributed by atoms with Crippen LogP contribution in [0.15, 0.2) is 23.2 Å². The number of aliphatic imine (C=N–C) groups is 1. The van der Waals surface area contributed by atoms with Gasteiger partial charge in [-0.2, -0.15) is 0 Å². The normalized spacial score (nSPS) is 19.1. The molecule has 0 unspecified atom stereocenters. The zero-order valence-electron chi connectivity index (χ0n) is 19.1. The Morgan fingerprint density at radius 2 is 1.87 bits per heavy atom. The van der Waals surface area contributed by atoms with Gasteiger partial charge in [-0.25, -0.2) is 4.99 Å². The molecule has 1 aromatic rings. The summed E-state index contributed by atoms with van der Waals surface area (Å²) in [6.45, 7) is 9.40. The average Bonchev–Trinajstić information content (AvgIpc) is 3.27. The van der Waals surface area contributed by atoms with Crippen LogP contribution < -0.4 is 20.1 Å². The van der Waals surface area contributed by atoms with Crippen molar-refractivity contribution in [1.29, 1.82) is 0 Å². The number of benzene rings is 1. The predicted octanol–water partition coefficient (Wildman–Crippen LogP) is 3.95. The molecule has 1 aliphatic heterocycles. The molecule has 3 rings (SSSR count). The van der Waals surface area contributed by atoms with E-state index in [2.05, 4.69) is 41.5 Å². The highest BCUT2D eigenvalue weighted by Gasteiger charge is 2.20. The minimum Gasteiger partial charge on any atom is -0.493 e. The second kappa shape index (κ2) is 12.0. The third kappa shape index (κ3) is 6.79. The lowest BCUT2D eigenvalue weighted by atomic mass is 10.1. The van der Waals surface area contributed by atoms with E-state index in [0.29, 0.717) is 18.7 Å². The Hall–Kier alpha value is -1.95. The quantitative estimate of drug-likeness (QED) is 0.472. The lowest BCUT2D eigenvalue weighted by Crippen LogP contribution is -2.48. The van der Waals surface area contributed by atoms with E-state index in [1.54, 1.807) is 7.11 Å². The Kier molecular flexibility index (Phi) is 9.12. The molecule has 30 heavy (non-hydrogen) atoms. The van der Waals surface area contributed by atoms with Gasteiger partial charge in [0.1, 0.15) is 0 Å². The fourth-order valence-corrected chi connectivity index (χ4v) is 4.40. The first-order chi connectivity index (χ1) is 14.7. The second-order valence-corrected chi connectivity index (χ2v) is 8.46. The van der Waals surface area contributed by atoms with E-state index >= 15 is 0 Å². The van der Waals surface area contributed by atoms with Crippen molar-refractivity contribution in [1.82, 2.24) is 15.5 Å². The van der Waals surface area contributed by atoms with Gasteiger partial charge in [0, 0.05) is 25.7 Å². The smallest absolute Gasteiger partial charge is 0.191 e. The maximum absolute atomic E-state index is 6.23. The topological polar surface area (TPSA) is 58.1 Å². The van der Waals surface area contributed by atoms with Crippen molar-refractivity contribution >= 4 is 5.96 Å². The molecule has 6 heteroatoms. The molecule has 6 nitrogen and oxygen atoms in total. The first kappa shape index (κ1) is 22.7. The Morgan fingerprint density at radius 3 is 2.53 bits per heavy atom. The summed E-state index contributed by atoms with van der Waals surface area (Å²) in [6, 6.07) is 6.66. The minimum absolute atomic E-state index is 0.315. The maximum Gasteiger partial charge on any atom is 0.191 e. The standard InChI is InChI=1S/C24H40N4O2/c1-4-14-28-15-12-20(13-16-28)27-24(25-5-2)26-18-19-10-11-22(29-3)23(17-19)30-21-8-6-7-9-21/h10-11,17,20-21H,4-9,12-16,18H2,1-3H3,(H2,25,26,27). The molecule has 0 aromatic heterocycles. The van der Waals surface area contributed by atoms with Crippen molar-refractivity contribution in [3.8, 4) is 11.5 Å². The number of hydrogen-bond acceptors (Lipinski definition) is 4. The lowest BCUT2D eigenvalue weighted by Gasteiger charge is -2.32. The van der Waals surface area contributed by atoms with Crippen LogP contribution in [0.1, 0.15) is 64.4 Å². The number of rotatable bonds is 9. The van der Waals surface area contributed by atoms with Gasteiger partial charge in [-0.3, -0.25) is 0 Å². The number of piperidine rings is 1. The Balaban J connectivity index is 1.59. The molecule has 1 saturated heterocycles. The SMILES string of the molecule is CCCN1CCC(NC(=NCc2ccc(OC)c(OC3CCCC3)c2)NCC)CC1. The molecular formula is C24H40N4O2. The summed E-state index contributed by atoms with van der Waals surface area (Å²) < 4.78 is 11.7. The largest absolute Gasteiger partial charge is 0.493 e. The molecule has 1 saturated carbocycles. The number of nitrogens with zero attached hydrogens (tertiary/aromatic N) is 2. The van der Waals surface area contributed by atoms with E-state index in [4.69, 9.17) is 14.5 Å². The lowest BCUT2D eigenvalue weighted by molar-refractivity contribution is 0.200. The van der Waals surface area contributed by atoms with Crippen LogP contribution in [-0.2, 0) is 6.54 Å². The summed E-state index contributed by atoms with van der Waals surface area (Å²) in [5.41, 5.74) is 1.14. The van der Waals surface area contributed by atoms with E-state index in [1.807, 2.05) is 6.07 Å². The third-order valence-electron chi connectivity index (χ3n) is 6.06. The van der Waals surface area contributed by atoms with E-state index in [1.165, 1.54) is 51.7 Å². The number of methoxy groups -OCH3 is 1. The number of nitrogens with one attached hydrogen (secondary N) is 2. The van der Waals surface area contributed by atoms with Gasteiger partial charge in [0.15, 0.2) is 17.5 Å². The minimum atomic E-state index is 0.315. The monoisotopic (exact) mass is 416 g/mol. The van der Waals surface area contributed by atoms with Crippen LogP contribution in [0, 0.1) is 0 Å². The number of ether oxygens (including phenoxy) is 2. The molecule has 1 heterocycles. The predicted molar refractivity (Wildman–Crippen MR) is 124 cm³/mol. The van der Waals surface area contributed by atoms with Crippen LogP contribution in [0.5, 0.6) is 11.5 Å². The zero-order chi connectivity index (χ0) is 21.2. The van der Waals surface area contributed by atoms with Gasteiger partial charge in [-0.05, 0) is 76.1 Å². The molecule has 1 aliphatic carbocycles. The molecule has 1 aromatic carbocycles. The van der Waals surface area contributed by atoms with Crippen molar-refractivity contribution in [3.63, 3.8) is 0 Å². The Bertz CT molecular complexity index is 665. The fraction of sp³-hybridized carbons (Fsp3) is 0.708. The fourth-order valence-electron chi connectivity index (χ4n) is 4.40. The number of likely N-dealkylation sites (tertiary alicyclic amines) is 1. The molecule has 2 fully saturated rings. The summed E-state index contributed by atoms with van der Waals surface area (Å²) in [5, 5.41) is 7.04. The first-order valence-electron chi connectivity index (χ1n) is 11.8. The van der Waals surface area contributed by atoms with Gasteiger partial charge in [-0.15, -0.1) is 0 Å². The summed E-state index contributed by atoms with van der Waals surface area (Å²) in [6.07, 6.45) is 8.68. The van der Waals surface area contributed by atoms with Crippen molar-refractivity contribution in [3.05, 3.63) is 23.8 Å². The Labute approximate surface area is 182 Å². The van der Waals surface area contributed by atoms with Crippen LogP contribution in [0.3, 0.4) is 0 Å². The van der Waals surface area contributed by atoms with Gasteiger partial charge in [0.05, 0.1) is 19.8 Å². The molecule has 2 N–H and O–H groups in total. The third-order valence-corrected chi connectivity index (χ3v) is 6.06. The summed E-state index contributed by atoms with van der Waals surface area (Å²) in [4.78, 5) is 7.41. The van der Waals surface area contributed by atoms with Crippen LogP contribution in [0.2, 0.25) is 0 Å². The van der Waals surface area contributed by atoms with E-state index < -0.39 is 0 Å². The molecule has 168 valence electrons. The number of guanidine groups is 1. The first-order valence-corrected chi connectivity index (χ1v) is 11.8. The van der Waals surface area contributed by atoms with Crippen molar-refractivity contribution in [2.45, 2.75) is 77.5 Å². The summed E-state index contributed by atoms with van der Waals surface area (Å²) in [7, 11) is 1.70. The van der Waals surface area contributed by atoms with Crippen molar-refractivity contribution in [2.75, 3.05) is 33.3 Å². The Morgan fingerprint density at radius 1 is 1.10 bits per heavy atom. The number of hydrogen-bond donors (Lipinski definition) is 2. The molecule has 0 amide bonds. The average molecular weight is 417 g/mol. The molecule has 0 atom stereocenters. The molecule has 0 bridgehead atoms. The highest BCUT2D eigenvalue weighted by atomic mass is 16.5. The van der Waals surface area contributed by atoms with Gasteiger partial charge in [0.25, 0.3) is 0 Å². The van der Waals surface area contributed by atoms with E-state index in [9.17, 15) is 0 Å². The van der Waals surface area contributed by atoms with Gasteiger partial charge in [-0.1, -0.05) is 13.0 Å². The molecule has 2 aliphatic rings. The van der Waals surface area contributed by atoms with Crippen LogP contribution in [-0.4, -0.2) is 56.3 Å². The van der Waals surface area contributed by atoms with Gasteiger partial charge >= 0.3 is 0 Å². The molecular weight excluding hydrogens is 376 g/mol. The molecule has 0 radical (unpaired) electrons. The van der Waals surface area contributed by atoms with E-state index in [-0.39, 0.29) is 0 Å². The van der Waals surface area contributed by atoms with Crippen LogP contribution >= 0.6 is 0 Å². The van der Waals surface area contributed by atoms with Crippen LogP contribution in [0.4, 0.5) is 0 Å². The maximum atomic E-state index is 6.23. The van der Waals surface area contributed by atoms with Gasteiger partial charge in [0.2, 0.25) is 0 Å². The zero-order valence-corrected chi connectivity index (χ0v) is 19.1. The summed E-state index contributed by atoms with van der Waals surface area (Å²) >= 11 is 0. The van der Waals surface area contributed by atoms with Gasteiger partial charge < -0.3 is 25.0 Å². The van der Waals surface area contributed by atoms with E-state index in [0.717, 1.165) is 42.4 Å². The molecule has 0 spiro atoms. The highest BCUT2D eigenvalue weighted by molar-refractivity contribution is 5.80. The second-order valence-electron chi connectivity index (χ2n) is 8.46. The van der Waals surface area contributed by atoms with Crippen molar-refractivity contribution < 1.29 is 9.47 Å². The van der Waals surface area contributed by atoms with Crippen molar-refractivity contribution in [2.24, 2.45) is 4.99 Å². The van der Waals surface area contributed by atoms with Crippen LogP contribution in [0.25, 0.3) is 0 Å². The highest BCUT2D eigenvalue weighted by Crippen LogP contribution is 2.32. The summed E-state index contributed by atoms with van der Waals surface area (Å²) in [5.74, 6) is 2.55.